The van der Waals surface area contributed by atoms with Crippen LogP contribution in [0.1, 0.15) is 39.0 Å². The predicted molar refractivity (Wildman–Crippen MR) is 95.6 cm³/mol. The molecule has 1 aromatic rings. The van der Waals surface area contributed by atoms with Crippen molar-refractivity contribution >= 4 is 28.3 Å². The molecule has 3 nitrogen and oxygen atoms in total. The minimum atomic E-state index is -0.458. The van der Waals surface area contributed by atoms with Crippen molar-refractivity contribution in [2.75, 3.05) is 18.5 Å². The molecule has 0 spiro atoms. The summed E-state index contributed by atoms with van der Waals surface area (Å²) in [5.41, 5.74) is 1.07. The number of benzene rings is 1. The second-order valence-electron chi connectivity index (χ2n) is 5.84. The number of aliphatic hydroxyl groups is 1. The second kappa shape index (κ2) is 8.96. The van der Waals surface area contributed by atoms with Crippen molar-refractivity contribution in [1.29, 1.82) is 0 Å². The van der Waals surface area contributed by atoms with Gasteiger partial charge in [0.05, 0.1) is 18.8 Å². The molecule has 1 aromatic carbocycles. The van der Waals surface area contributed by atoms with Crippen LogP contribution in [-0.2, 0) is 4.74 Å². The normalized spacial score (nSPS) is 23.8. The molecule has 0 aliphatic heterocycles. The topological polar surface area (TPSA) is 41.5 Å². The first-order chi connectivity index (χ1) is 10.2. The molecule has 3 unspecified atom stereocenters. The molecule has 0 saturated heterocycles. The fourth-order valence-electron chi connectivity index (χ4n) is 2.99. The molecule has 0 radical (unpaired) electrons. The lowest BCUT2D eigenvalue weighted by Gasteiger charge is -2.31. The van der Waals surface area contributed by atoms with Gasteiger partial charge in [0.1, 0.15) is 0 Å². The molecule has 0 amide bonds. The summed E-state index contributed by atoms with van der Waals surface area (Å²) in [7, 11) is 0. The predicted octanol–water partition coefficient (Wildman–Crippen LogP) is 4.05. The van der Waals surface area contributed by atoms with Crippen LogP contribution in [0, 0.1) is 9.49 Å². The van der Waals surface area contributed by atoms with Crippen molar-refractivity contribution in [2.45, 2.75) is 51.2 Å². The smallest absolute Gasteiger partial charge is 0.0945 e. The van der Waals surface area contributed by atoms with Gasteiger partial charge in [-0.2, -0.15) is 0 Å². The van der Waals surface area contributed by atoms with Crippen LogP contribution < -0.4 is 5.32 Å². The van der Waals surface area contributed by atoms with Gasteiger partial charge in [-0.15, -0.1) is 0 Å². The van der Waals surface area contributed by atoms with Gasteiger partial charge in [-0.25, -0.2) is 0 Å². The summed E-state index contributed by atoms with van der Waals surface area (Å²) >= 11 is 2.30. The summed E-state index contributed by atoms with van der Waals surface area (Å²) in [4.78, 5) is 0. The number of hydrogen-bond donors (Lipinski definition) is 2. The summed E-state index contributed by atoms with van der Waals surface area (Å²) in [6.45, 7) is 3.20. The average molecular weight is 403 g/mol. The van der Waals surface area contributed by atoms with E-state index in [0.717, 1.165) is 12.1 Å². The Morgan fingerprint density at radius 1 is 1.33 bits per heavy atom. The lowest BCUT2D eigenvalue weighted by Crippen LogP contribution is -2.33. The van der Waals surface area contributed by atoms with Gasteiger partial charge in [0.2, 0.25) is 0 Å². The van der Waals surface area contributed by atoms with Crippen molar-refractivity contribution in [2.24, 2.45) is 5.92 Å². The molecule has 118 valence electrons. The number of hydrogen-bond acceptors (Lipinski definition) is 3. The molecule has 2 N–H and O–H groups in total. The summed E-state index contributed by atoms with van der Waals surface area (Å²) in [5, 5.41) is 13.4. The Kier molecular flexibility index (Phi) is 7.26. The van der Waals surface area contributed by atoms with Crippen LogP contribution in [0.5, 0.6) is 0 Å². The van der Waals surface area contributed by atoms with Crippen LogP contribution in [0.3, 0.4) is 0 Å². The van der Waals surface area contributed by atoms with Crippen LogP contribution in [0.25, 0.3) is 0 Å². The van der Waals surface area contributed by atoms with Gasteiger partial charge in [0.15, 0.2) is 0 Å². The quantitative estimate of drug-likeness (QED) is 0.675. The molecule has 1 aliphatic carbocycles. The van der Waals surface area contributed by atoms with Gasteiger partial charge in [0, 0.05) is 15.8 Å². The van der Waals surface area contributed by atoms with Crippen LogP contribution in [0.15, 0.2) is 24.3 Å². The molecule has 4 heteroatoms. The molecule has 0 aromatic heterocycles. The van der Waals surface area contributed by atoms with Crippen molar-refractivity contribution in [1.82, 2.24) is 0 Å². The van der Waals surface area contributed by atoms with Crippen LogP contribution >= 0.6 is 22.6 Å². The number of halogens is 1. The van der Waals surface area contributed by atoms with Gasteiger partial charge in [0.25, 0.3) is 0 Å². The highest BCUT2D eigenvalue weighted by molar-refractivity contribution is 14.1. The lowest BCUT2D eigenvalue weighted by molar-refractivity contribution is -0.0473. The molecule has 3 atom stereocenters. The maximum atomic E-state index is 10.1. The van der Waals surface area contributed by atoms with E-state index in [9.17, 15) is 5.11 Å². The standard InChI is InChI=1S/C17H26INO2/c1-2-13-7-3-6-10-17(13)21-12-14(20)11-19-16-9-5-4-8-15(16)18/h4-5,8-9,13-14,17,19-20H,2-3,6-7,10-12H2,1H3. The number of rotatable bonds is 7. The molecule has 21 heavy (non-hydrogen) atoms. The third-order valence-electron chi connectivity index (χ3n) is 4.27. The Hall–Kier alpha value is -0.330. The van der Waals surface area contributed by atoms with E-state index in [2.05, 4.69) is 40.9 Å². The number of para-hydroxylation sites is 1. The van der Waals surface area contributed by atoms with E-state index in [1.165, 1.54) is 29.3 Å². The Labute approximate surface area is 141 Å². The van der Waals surface area contributed by atoms with Gasteiger partial charge >= 0.3 is 0 Å². The first-order valence-electron chi connectivity index (χ1n) is 7.98. The van der Waals surface area contributed by atoms with Crippen molar-refractivity contribution < 1.29 is 9.84 Å². The SMILES string of the molecule is CCC1CCCCC1OCC(O)CNc1ccccc1I. The van der Waals surface area contributed by atoms with E-state index < -0.39 is 6.10 Å². The largest absolute Gasteiger partial charge is 0.389 e. The Morgan fingerprint density at radius 2 is 2.10 bits per heavy atom. The van der Waals surface area contributed by atoms with E-state index in [1.807, 2.05) is 18.2 Å². The zero-order valence-corrected chi connectivity index (χ0v) is 14.9. The maximum Gasteiger partial charge on any atom is 0.0945 e. The molecule has 1 saturated carbocycles. The van der Waals surface area contributed by atoms with Crippen LogP contribution in [0.4, 0.5) is 5.69 Å². The highest BCUT2D eigenvalue weighted by Gasteiger charge is 2.24. The average Bonchev–Trinajstić information content (AvgIpc) is 2.52. The van der Waals surface area contributed by atoms with E-state index in [0.29, 0.717) is 25.2 Å². The fourth-order valence-corrected chi connectivity index (χ4v) is 3.56. The summed E-state index contributed by atoms with van der Waals surface area (Å²) in [5.74, 6) is 0.675. The Bertz CT molecular complexity index is 427. The fraction of sp³-hybridized carbons (Fsp3) is 0.647. The molecular formula is C17H26INO2. The molecule has 0 bridgehead atoms. The minimum Gasteiger partial charge on any atom is -0.389 e. The van der Waals surface area contributed by atoms with Crippen LogP contribution in [-0.4, -0.2) is 30.5 Å². The summed E-state index contributed by atoms with van der Waals surface area (Å²) < 4.78 is 7.14. The maximum absolute atomic E-state index is 10.1. The molecular weight excluding hydrogens is 377 g/mol. The highest BCUT2D eigenvalue weighted by atomic mass is 127. The minimum absolute atomic E-state index is 0.343. The third kappa shape index (κ3) is 5.42. The molecule has 0 heterocycles. The first-order valence-corrected chi connectivity index (χ1v) is 9.06. The monoisotopic (exact) mass is 403 g/mol. The summed E-state index contributed by atoms with van der Waals surface area (Å²) in [6, 6.07) is 8.10. The van der Waals surface area contributed by atoms with Crippen LogP contribution in [0.2, 0.25) is 0 Å². The van der Waals surface area contributed by atoms with E-state index >= 15 is 0 Å². The number of nitrogens with one attached hydrogen (secondary N) is 1. The Balaban J connectivity index is 1.72. The van der Waals surface area contributed by atoms with E-state index in [1.54, 1.807) is 0 Å². The van der Waals surface area contributed by atoms with Crippen molar-refractivity contribution in [3.8, 4) is 0 Å². The van der Waals surface area contributed by atoms with Crippen molar-refractivity contribution in [3.63, 3.8) is 0 Å². The first kappa shape index (κ1) is 17.0. The van der Waals surface area contributed by atoms with Gasteiger partial charge in [-0.3, -0.25) is 0 Å². The third-order valence-corrected chi connectivity index (χ3v) is 5.21. The number of ether oxygens (including phenoxy) is 1. The number of aliphatic hydroxyl groups excluding tert-OH is 1. The summed E-state index contributed by atoms with van der Waals surface area (Å²) in [6.07, 6.45) is 6.08. The van der Waals surface area contributed by atoms with E-state index in [-0.39, 0.29) is 0 Å². The van der Waals surface area contributed by atoms with Gasteiger partial charge in [-0.05, 0) is 53.5 Å². The van der Waals surface area contributed by atoms with Gasteiger partial charge in [-0.1, -0.05) is 38.3 Å². The lowest BCUT2D eigenvalue weighted by atomic mass is 9.85. The molecule has 2 rings (SSSR count). The molecule has 1 fully saturated rings. The zero-order valence-electron chi connectivity index (χ0n) is 12.7. The highest BCUT2D eigenvalue weighted by Crippen LogP contribution is 2.29. The molecule has 1 aliphatic rings. The second-order valence-corrected chi connectivity index (χ2v) is 7.00. The van der Waals surface area contributed by atoms with Crippen molar-refractivity contribution in [3.05, 3.63) is 27.8 Å². The van der Waals surface area contributed by atoms with Gasteiger partial charge < -0.3 is 15.2 Å². The zero-order chi connectivity index (χ0) is 15.1. The number of anilines is 1. The van der Waals surface area contributed by atoms with E-state index in [4.69, 9.17) is 4.74 Å². The Morgan fingerprint density at radius 3 is 2.86 bits per heavy atom.